The molecular formula is C12H26N2. The Bertz CT molecular complexity index is 175. The van der Waals surface area contributed by atoms with Gasteiger partial charge < -0.3 is 10.6 Å². The van der Waals surface area contributed by atoms with Crippen LogP contribution in [0.15, 0.2) is 0 Å². The largest absolute Gasteiger partial charge is 0.326 e. The van der Waals surface area contributed by atoms with Gasteiger partial charge in [0.05, 0.1) is 0 Å². The van der Waals surface area contributed by atoms with E-state index < -0.39 is 0 Å². The van der Waals surface area contributed by atoms with Gasteiger partial charge in [-0.1, -0.05) is 26.2 Å². The first-order valence-electron chi connectivity index (χ1n) is 5.93. The van der Waals surface area contributed by atoms with Gasteiger partial charge in [-0.2, -0.15) is 0 Å². The summed E-state index contributed by atoms with van der Waals surface area (Å²) in [5.74, 6) is 0.913. The van der Waals surface area contributed by atoms with Crippen molar-refractivity contribution in [2.24, 2.45) is 11.7 Å². The fourth-order valence-electron chi connectivity index (χ4n) is 2.25. The zero-order valence-corrected chi connectivity index (χ0v) is 10.2. The molecule has 2 atom stereocenters. The zero-order valence-electron chi connectivity index (χ0n) is 10.2. The van der Waals surface area contributed by atoms with Crippen molar-refractivity contribution in [3.05, 3.63) is 0 Å². The number of rotatable bonds is 5. The van der Waals surface area contributed by atoms with Crippen molar-refractivity contribution in [3.8, 4) is 0 Å². The van der Waals surface area contributed by atoms with Crippen molar-refractivity contribution in [2.75, 3.05) is 14.1 Å². The van der Waals surface area contributed by atoms with Gasteiger partial charge in [-0.15, -0.1) is 0 Å². The minimum Gasteiger partial charge on any atom is -0.326 e. The van der Waals surface area contributed by atoms with Gasteiger partial charge in [0.2, 0.25) is 0 Å². The Hall–Kier alpha value is -0.0800. The molecule has 1 saturated carbocycles. The molecule has 0 aromatic rings. The van der Waals surface area contributed by atoms with Crippen LogP contribution in [0.3, 0.4) is 0 Å². The first-order chi connectivity index (χ1) is 6.50. The van der Waals surface area contributed by atoms with Gasteiger partial charge in [-0.05, 0) is 39.8 Å². The summed E-state index contributed by atoms with van der Waals surface area (Å²) < 4.78 is 0. The van der Waals surface area contributed by atoms with Crippen molar-refractivity contribution in [3.63, 3.8) is 0 Å². The van der Waals surface area contributed by atoms with Crippen molar-refractivity contribution < 1.29 is 0 Å². The second kappa shape index (κ2) is 4.63. The van der Waals surface area contributed by atoms with E-state index in [1.807, 2.05) is 0 Å². The van der Waals surface area contributed by atoms with E-state index in [2.05, 4.69) is 32.8 Å². The lowest BCUT2D eigenvalue weighted by molar-refractivity contribution is 0.107. The standard InChI is InChI=1S/C12H26N2/c1-5-12(2,14(3)4)11(13)9-10-7-6-8-10/h10-11H,5-9,13H2,1-4H3. The molecule has 1 aliphatic rings. The molecule has 2 unspecified atom stereocenters. The molecular weight excluding hydrogens is 172 g/mol. The average Bonchev–Trinajstić information content (AvgIpc) is 2.09. The molecule has 2 heteroatoms. The molecule has 0 bridgehead atoms. The molecule has 0 heterocycles. The molecule has 2 N–H and O–H groups in total. The van der Waals surface area contributed by atoms with E-state index in [0.717, 1.165) is 12.3 Å². The molecule has 0 aromatic carbocycles. The fraction of sp³-hybridized carbons (Fsp3) is 1.00. The van der Waals surface area contributed by atoms with Crippen LogP contribution >= 0.6 is 0 Å². The minimum atomic E-state index is 0.176. The van der Waals surface area contributed by atoms with E-state index in [4.69, 9.17) is 5.73 Å². The van der Waals surface area contributed by atoms with Gasteiger partial charge >= 0.3 is 0 Å². The van der Waals surface area contributed by atoms with E-state index in [-0.39, 0.29) is 5.54 Å². The summed E-state index contributed by atoms with van der Waals surface area (Å²) in [6, 6.07) is 0.327. The smallest absolute Gasteiger partial charge is 0.0323 e. The van der Waals surface area contributed by atoms with E-state index in [1.165, 1.54) is 25.7 Å². The predicted octanol–water partition coefficient (Wildman–Crippen LogP) is 2.23. The molecule has 84 valence electrons. The van der Waals surface area contributed by atoms with E-state index in [0.29, 0.717) is 6.04 Å². The van der Waals surface area contributed by atoms with Crippen molar-refractivity contribution in [1.82, 2.24) is 4.90 Å². The third-order valence-corrected chi connectivity index (χ3v) is 4.35. The second-order valence-electron chi connectivity index (χ2n) is 5.24. The van der Waals surface area contributed by atoms with E-state index in [9.17, 15) is 0 Å². The van der Waals surface area contributed by atoms with E-state index >= 15 is 0 Å². The first kappa shape index (κ1) is 12.0. The second-order valence-corrected chi connectivity index (χ2v) is 5.24. The molecule has 0 aliphatic heterocycles. The maximum absolute atomic E-state index is 6.33. The first-order valence-corrected chi connectivity index (χ1v) is 5.93. The highest BCUT2D eigenvalue weighted by molar-refractivity contribution is 4.94. The molecule has 14 heavy (non-hydrogen) atoms. The Balaban J connectivity index is 2.49. The fourth-order valence-corrected chi connectivity index (χ4v) is 2.25. The molecule has 0 radical (unpaired) electrons. The van der Waals surface area contributed by atoms with Crippen LogP contribution in [-0.2, 0) is 0 Å². The maximum Gasteiger partial charge on any atom is 0.0323 e. The minimum absolute atomic E-state index is 0.176. The normalized spacial score (nSPS) is 24.4. The summed E-state index contributed by atoms with van der Waals surface area (Å²) in [7, 11) is 4.29. The summed E-state index contributed by atoms with van der Waals surface area (Å²) >= 11 is 0. The molecule has 1 aliphatic carbocycles. The summed E-state index contributed by atoms with van der Waals surface area (Å²) in [4.78, 5) is 2.29. The van der Waals surface area contributed by atoms with Crippen LogP contribution in [0.25, 0.3) is 0 Å². The van der Waals surface area contributed by atoms with Crippen LogP contribution in [0.1, 0.15) is 46.0 Å². The Labute approximate surface area is 88.8 Å². The van der Waals surface area contributed by atoms with Gasteiger partial charge in [0.15, 0.2) is 0 Å². The molecule has 0 amide bonds. The lowest BCUT2D eigenvalue weighted by atomic mass is 9.75. The lowest BCUT2D eigenvalue weighted by Gasteiger charge is -2.43. The van der Waals surface area contributed by atoms with Gasteiger partial charge in [-0.25, -0.2) is 0 Å². The van der Waals surface area contributed by atoms with Crippen LogP contribution in [0, 0.1) is 5.92 Å². The molecule has 0 spiro atoms. The van der Waals surface area contributed by atoms with Gasteiger partial charge in [0.1, 0.15) is 0 Å². The van der Waals surface area contributed by atoms with Crippen LogP contribution in [-0.4, -0.2) is 30.6 Å². The Morgan fingerprint density at radius 1 is 1.43 bits per heavy atom. The highest BCUT2D eigenvalue weighted by atomic mass is 15.2. The van der Waals surface area contributed by atoms with Crippen LogP contribution in [0.4, 0.5) is 0 Å². The van der Waals surface area contributed by atoms with Crippen LogP contribution in [0.2, 0.25) is 0 Å². The van der Waals surface area contributed by atoms with Crippen molar-refractivity contribution in [2.45, 2.75) is 57.5 Å². The van der Waals surface area contributed by atoms with Crippen molar-refractivity contribution >= 4 is 0 Å². The van der Waals surface area contributed by atoms with Gasteiger partial charge in [0, 0.05) is 11.6 Å². The SMILES string of the molecule is CCC(C)(C(N)CC1CCC1)N(C)C. The maximum atomic E-state index is 6.33. The Morgan fingerprint density at radius 3 is 2.29 bits per heavy atom. The monoisotopic (exact) mass is 198 g/mol. The molecule has 1 fully saturated rings. The molecule has 1 rings (SSSR count). The Morgan fingerprint density at radius 2 is 2.00 bits per heavy atom. The average molecular weight is 198 g/mol. The topological polar surface area (TPSA) is 29.3 Å². The zero-order chi connectivity index (χ0) is 10.8. The van der Waals surface area contributed by atoms with Gasteiger partial charge in [-0.3, -0.25) is 0 Å². The number of likely N-dealkylation sites (N-methyl/N-ethyl adjacent to an activating group) is 1. The molecule has 2 nitrogen and oxygen atoms in total. The lowest BCUT2D eigenvalue weighted by Crippen LogP contribution is -2.55. The highest BCUT2D eigenvalue weighted by Gasteiger charge is 2.34. The number of hydrogen-bond donors (Lipinski definition) is 1. The van der Waals surface area contributed by atoms with Crippen LogP contribution < -0.4 is 5.73 Å². The van der Waals surface area contributed by atoms with E-state index in [1.54, 1.807) is 0 Å². The quantitative estimate of drug-likeness (QED) is 0.734. The van der Waals surface area contributed by atoms with Crippen LogP contribution in [0.5, 0.6) is 0 Å². The summed E-state index contributed by atoms with van der Waals surface area (Å²) in [6.45, 7) is 4.52. The molecule has 0 saturated heterocycles. The number of nitrogens with two attached hydrogens (primary N) is 1. The Kier molecular flexibility index (Phi) is 3.96. The molecule has 0 aromatic heterocycles. The highest BCUT2D eigenvalue weighted by Crippen LogP contribution is 2.33. The summed E-state index contributed by atoms with van der Waals surface area (Å²) in [5.41, 5.74) is 6.51. The predicted molar refractivity (Wildman–Crippen MR) is 62.3 cm³/mol. The van der Waals surface area contributed by atoms with Crippen molar-refractivity contribution in [1.29, 1.82) is 0 Å². The number of hydrogen-bond acceptors (Lipinski definition) is 2. The third kappa shape index (κ3) is 2.29. The summed E-state index contributed by atoms with van der Waals surface area (Å²) in [5, 5.41) is 0. The van der Waals surface area contributed by atoms with Gasteiger partial charge in [0.25, 0.3) is 0 Å². The third-order valence-electron chi connectivity index (χ3n) is 4.35. The number of nitrogens with zero attached hydrogens (tertiary/aromatic N) is 1. The summed E-state index contributed by atoms with van der Waals surface area (Å²) in [6.07, 6.45) is 6.57.